The summed E-state index contributed by atoms with van der Waals surface area (Å²) >= 11 is 0. The number of hydrogen-bond acceptors (Lipinski definition) is 5. The minimum atomic E-state index is -1.09. The van der Waals surface area contributed by atoms with E-state index in [4.69, 9.17) is 5.73 Å². The zero-order valence-corrected chi connectivity index (χ0v) is 11.0. The molecule has 21 heavy (non-hydrogen) atoms. The van der Waals surface area contributed by atoms with Crippen molar-refractivity contribution in [2.75, 3.05) is 5.73 Å². The Hall–Kier alpha value is -3.03. The maximum absolute atomic E-state index is 12.6. The van der Waals surface area contributed by atoms with Crippen LogP contribution in [-0.2, 0) is 0 Å². The Morgan fingerprint density at radius 3 is 2.10 bits per heavy atom. The van der Waals surface area contributed by atoms with Crippen molar-refractivity contribution in [2.45, 2.75) is 6.92 Å². The summed E-state index contributed by atoms with van der Waals surface area (Å²) in [5, 5.41) is 20.3. The first-order chi connectivity index (χ1) is 9.82. The third-order valence-corrected chi connectivity index (χ3v) is 2.53. The third-order valence-electron chi connectivity index (χ3n) is 2.53. The number of non-ortho nitro benzene ring substituents is 1. The van der Waals surface area contributed by atoms with Crippen molar-refractivity contribution in [3.63, 3.8) is 0 Å². The van der Waals surface area contributed by atoms with E-state index in [0.717, 1.165) is 17.3 Å². The Balaban J connectivity index is 0.000000235. The minimum Gasteiger partial charge on any atom is -0.399 e. The molecule has 0 atom stereocenters. The van der Waals surface area contributed by atoms with E-state index in [0.29, 0.717) is 12.1 Å². The van der Waals surface area contributed by atoms with Crippen LogP contribution in [0.1, 0.15) is 5.56 Å². The fourth-order valence-electron chi connectivity index (χ4n) is 1.34. The molecule has 0 saturated carbocycles. The van der Waals surface area contributed by atoms with Crippen LogP contribution in [0.3, 0.4) is 0 Å². The van der Waals surface area contributed by atoms with Crippen LogP contribution in [-0.4, -0.2) is 9.85 Å². The van der Waals surface area contributed by atoms with Crippen LogP contribution in [0, 0.1) is 33.0 Å². The monoisotopic (exact) mass is 293 g/mol. The van der Waals surface area contributed by atoms with Crippen molar-refractivity contribution >= 4 is 17.1 Å². The predicted molar refractivity (Wildman–Crippen MR) is 75.3 cm³/mol. The molecule has 7 nitrogen and oxygen atoms in total. The molecule has 2 N–H and O–H groups in total. The van der Waals surface area contributed by atoms with Gasteiger partial charge in [0.05, 0.1) is 15.9 Å². The van der Waals surface area contributed by atoms with Crippen LogP contribution in [0.5, 0.6) is 0 Å². The van der Waals surface area contributed by atoms with Crippen molar-refractivity contribution in [3.8, 4) is 0 Å². The summed E-state index contributed by atoms with van der Waals surface area (Å²) in [6, 6.07) is 9.94. The Bertz CT molecular complexity index is 655. The Kier molecular flexibility index (Phi) is 5.30. The predicted octanol–water partition coefficient (Wildman–Crippen LogP) is 3.22. The zero-order chi connectivity index (χ0) is 16.0. The molecular formula is C13H12FN3O4. The molecule has 0 heterocycles. The second-order valence-corrected chi connectivity index (χ2v) is 4.01. The summed E-state index contributed by atoms with van der Waals surface area (Å²) < 4.78 is 12.6. The first-order valence-corrected chi connectivity index (χ1v) is 5.72. The molecule has 110 valence electrons. The quantitative estimate of drug-likeness (QED) is 0.519. The first kappa shape index (κ1) is 16.0. The fraction of sp³-hybridized carbons (Fsp3) is 0.0769. The highest BCUT2D eigenvalue weighted by atomic mass is 19.1. The Labute approximate surface area is 119 Å². The molecule has 2 aromatic rings. The highest BCUT2D eigenvalue weighted by molar-refractivity contribution is 5.45. The van der Waals surface area contributed by atoms with Gasteiger partial charge < -0.3 is 5.73 Å². The Morgan fingerprint density at radius 1 is 1.05 bits per heavy atom. The highest BCUT2D eigenvalue weighted by Crippen LogP contribution is 2.22. The highest BCUT2D eigenvalue weighted by Gasteiger charge is 2.18. The van der Waals surface area contributed by atoms with Crippen LogP contribution in [0.15, 0.2) is 42.5 Å². The average molecular weight is 293 g/mol. The van der Waals surface area contributed by atoms with Crippen LogP contribution in [0.2, 0.25) is 0 Å². The van der Waals surface area contributed by atoms with Gasteiger partial charge in [0.25, 0.3) is 5.69 Å². The molecule has 0 bridgehead atoms. The number of para-hydroxylation sites is 1. The molecule has 0 amide bonds. The van der Waals surface area contributed by atoms with Crippen molar-refractivity contribution < 1.29 is 14.2 Å². The van der Waals surface area contributed by atoms with Crippen molar-refractivity contribution in [1.29, 1.82) is 0 Å². The average Bonchev–Trinajstić information content (AvgIpc) is 2.43. The summed E-state index contributed by atoms with van der Waals surface area (Å²) in [6.45, 7) is 2.00. The number of hydrogen-bond donors (Lipinski definition) is 1. The molecule has 2 rings (SSSR count). The molecule has 0 aliphatic carbocycles. The van der Waals surface area contributed by atoms with E-state index in [9.17, 15) is 24.6 Å². The van der Waals surface area contributed by atoms with Crippen molar-refractivity contribution in [2.24, 2.45) is 0 Å². The van der Waals surface area contributed by atoms with Gasteiger partial charge in [-0.2, -0.15) is 4.39 Å². The van der Waals surface area contributed by atoms with E-state index in [1.54, 1.807) is 0 Å². The fourth-order valence-corrected chi connectivity index (χ4v) is 1.34. The van der Waals surface area contributed by atoms with Crippen LogP contribution in [0.25, 0.3) is 0 Å². The van der Waals surface area contributed by atoms with E-state index < -0.39 is 27.0 Å². The van der Waals surface area contributed by atoms with E-state index in [1.807, 2.05) is 31.2 Å². The van der Waals surface area contributed by atoms with E-state index in [-0.39, 0.29) is 0 Å². The number of anilines is 1. The topological polar surface area (TPSA) is 112 Å². The van der Waals surface area contributed by atoms with Gasteiger partial charge in [0.1, 0.15) is 0 Å². The first-order valence-electron chi connectivity index (χ1n) is 5.72. The number of nitrogens with zero attached hydrogens (tertiary/aromatic N) is 2. The summed E-state index contributed by atoms with van der Waals surface area (Å²) in [5.74, 6) is -1.09. The van der Waals surface area contributed by atoms with Gasteiger partial charge >= 0.3 is 5.69 Å². The van der Waals surface area contributed by atoms with Gasteiger partial charge in [-0.05, 0) is 24.6 Å². The lowest BCUT2D eigenvalue weighted by atomic mass is 10.2. The summed E-state index contributed by atoms with van der Waals surface area (Å²) in [4.78, 5) is 18.4. The second-order valence-electron chi connectivity index (χ2n) is 4.01. The zero-order valence-electron chi connectivity index (χ0n) is 11.0. The van der Waals surface area contributed by atoms with Gasteiger partial charge in [-0.25, -0.2) is 0 Å². The molecule has 0 fully saturated rings. The van der Waals surface area contributed by atoms with Gasteiger partial charge in [0.2, 0.25) is 5.82 Å². The van der Waals surface area contributed by atoms with Gasteiger partial charge in [0.15, 0.2) is 0 Å². The number of halogens is 1. The molecule has 8 heteroatoms. The molecule has 0 aliphatic rings. The molecule has 0 spiro atoms. The number of nitrogen functional groups attached to an aromatic ring is 1. The largest absolute Gasteiger partial charge is 0.399 e. The third kappa shape index (κ3) is 4.53. The lowest BCUT2D eigenvalue weighted by Gasteiger charge is -1.93. The van der Waals surface area contributed by atoms with Crippen molar-refractivity contribution in [3.05, 3.63) is 74.1 Å². The van der Waals surface area contributed by atoms with E-state index >= 15 is 0 Å². The van der Waals surface area contributed by atoms with E-state index in [2.05, 4.69) is 0 Å². The summed E-state index contributed by atoms with van der Waals surface area (Å²) in [7, 11) is 0. The lowest BCUT2D eigenvalue weighted by Crippen LogP contribution is -1.95. The van der Waals surface area contributed by atoms with Gasteiger partial charge in [-0.1, -0.05) is 18.2 Å². The van der Waals surface area contributed by atoms with E-state index in [1.165, 1.54) is 0 Å². The lowest BCUT2D eigenvalue weighted by molar-refractivity contribution is -0.395. The van der Waals surface area contributed by atoms with Gasteiger partial charge in [0, 0.05) is 11.8 Å². The molecule has 0 unspecified atom stereocenters. The van der Waals surface area contributed by atoms with Crippen LogP contribution in [0.4, 0.5) is 21.5 Å². The number of nitro benzene ring substituents is 2. The molecule has 0 aliphatic heterocycles. The Morgan fingerprint density at radius 2 is 1.67 bits per heavy atom. The standard InChI is InChI=1S/C7H9N.C6H3FN2O4/c1-6-4-2-3-5-7(6)8;7-5-2-1-4(8(10)11)3-6(5)9(12)13/h2-5H,8H2,1H3;1-3H. The number of aryl methyl sites for hydroxylation is 1. The number of rotatable bonds is 2. The van der Waals surface area contributed by atoms with Crippen LogP contribution >= 0.6 is 0 Å². The normalized spacial score (nSPS) is 9.43. The molecular weight excluding hydrogens is 281 g/mol. The molecule has 0 saturated heterocycles. The molecule has 0 aromatic heterocycles. The van der Waals surface area contributed by atoms with Crippen molar-refractivity contribution in [1.82, 2.24) is 0 Å². The number of nitrogens with two attached hydrogens (primary N) is 1. The summed E-state index contributed by atoms with van der Waals surface area (Å²) in [5.41, 5.74) is 6.13. The van der Waals surface area contributed by atoms with Gasteiger partial charge in [-0.15, -0.1) is 0 Å². The second kappa shape index (κ2) is 6.94. The summed E-state index contributed by atoms with van der Waals surface area (Å²) in [6.07, 6.45) is 0. The SMILES string of the molecule is Cc1ccccc1N.O=[N+]([O-])c1ccc(F)c([N+](=O)[O-])c1. The van der Waals surface area contributed by atoms with Crippen LogP contribution < -0.4 is 5.73 Å². The molecule has 2 aromatic carbocycles. The maximum atomic E-state index is 12.6. The maximum Gasteiger partial charge on any atom is 0.311 e. The number of benzene rings is 2. The minimum absolute atomic E-state index is 0.506. The molecule has 0 radical (unpaired) electrons. The smallest absolute Gasteiger partial charge is 0.311 e. The van der Waals surface area contributed by atoms with Gasteiger partial charge in [-0.3, -0.25) is 20.2 Å². The number of nitro groups is 2.